The number of ether oxygens (including phenoxy) is 2. The molecule has 204 valence electrons. The quantitative estimate of drug-likeness (QED) is 0.315. The number of thioether (sulfide) groups is 1. The summed E-state index contributed by atoms with van der Waals surface area (Å²) < 4.78 is 12.0. The van der Waals surface area contributed by atoms with E-state index in [1.807, 2.05) is 13.0 Å². The highest BCUT2D eigenvalue weighted by Crippen LogP contribution is 2.38. The third-order valence-electron chi connectivity index (χ3n) is 6.33. The second kappa shape index (κ2) is 12.7. The van der Waals surface area contributed by atoms with Gasteiger partial charge >= 0.3 is 5.97 Å². The first-order chi connectivity index (χ1) is 18.8. The lowest BCUT2D eigenvalue weighted by atomic mass is 10.0. The summed E-state index contributed by atoms with van der Waals surface area (Å²) in [6, 6.07) is 10.00. The summed E-state index contributed by atoms with van der Waals surface area (Å²) >= 11 is 0.808. The van der Waals surface area contributed by atoms with Crippen LogP contribution in [0.3, 0.4) is 0 Å². The van der Waals surface area contributed by atoms with Gasteiger partial charge in [0.15, 0.2) is 11.5 Å². The summed E-state index contributed by atoms with van der Waals surface area (Å²) in [4.78, 5) is 52.1. The molecule has 0 radical (unpaired) electrons. The van der Waals surface area contributed by atoms with E-state index in [1.54, 1.807) is 35.3 Å². The fraction of sp³-hybridized carbons (Fsp3) is 0.310. The number of imide groups is 1. The zero-order chi connectivity index (χ0) is 27.9. The number of likely N-dealkylation sites (tertiary alicyclic amines) is 1. The van der Waals surface area contributed by atoms with Crippen molar-refractivity contribution in [2.45, 2.75) is 32.8 Å². The van der Waals surface area contributed by atoms with E-state index in [0.29, 0.717) is 43.2 Å². The number of hydrogen-bond donors (Lipinski definition) is 1. The molecule has 2 aromatic carbocycles. The van der Waals surface area contributed by atoms with Gasteiger partial charge in [0.05, 0.1) is 17.1 Å². The first-order valence-corrected chi connectivity index (χ1v) is 13.5. The molecule has 2 fully saturated rings. The van der Waals surface area contributed by atoms with Gasteiger partial charge in [-0.1, -0.05) is 18.2 Å². The Balaban J connectivity index is 1.56. The summed E-state index contributed by atoms with van der Waals surface area (Å²) in [6.45, 7) is 7.28. The van der Waals surface area contributed by atoms with Crippen LogP contribution in [0.1, 0.15) is 46.8 Å². The Labute approximate surface area is 231 Å². The molecule has 2 aromatic rings. The molecule has 3 amide bonds. The van der Waals surface area contributed by atoms with E-state index in [2.05, 4.69) is 6.58 Å². The average molecular weight is 551 g/mol. The molecule has 1 N–H and O–H groups in total. The Morgan fingerprint density at radius 3 is 2.46 bits per heavy atom. The molecule has 4 rings (SSSR count). The van der Waals surface area contributed by atoms with E-state index in [9.17, 15) is 19.2 Å². The van der Waals surface area contributed by atoms with Crippen LogP contribution in [0.15, 0.2) is 54.0 Å². The van der Waals surface area contributed by atoms with Crippen LogP contribution in [0.2, 0.25) is 0 Å². The summed E-state index contributed by atoms with van der Waals surface area (Å²) in [7, 11) is 0. The van der Waals surface area contributed by atoms with Crippen molar-refractivity contribution in [1.82, 2.24) is 9.80 Å². The van der Waals surface area contributed by atoms with Gasteiger partial charge in [0.1, 0.15) is 13.2 Å². The predicted molar refractivity (Wildman–Crippen MR) is 148 cm³/mol. The van der Waals surface area contributed by atoms with Crippen molar-refractivity contribution in [2.24, 2.45) is 0 Å². The molecule has 0 saturated carbocycles. The normalized spacial score (nSPS) is 16.2. The maximum atomic E-state index is 13.0. The molecule has 10 heteroatoms. The van der Waals surface area contributed by atoms with Gasteiger partial charge in [0.25, 0.3) is 11.1 Å². The van der Waals surface area contributed by atoms with Gasteiger partial charge < -0.3 is 19.5 Å². The van der Waals surface area contributed by atoms with Gasteiger partial charge in [-0.2, -0.15) is 0 Å². The Kier molecular flexibility index (Phi) is 9.08. The highest BCUT2D eigenvalue weighted by molar-refractivity contribution is 8.18. The minimum atomic E-state index is -0.999. The number of hydrogen-bond acceptors (Lipinski definition) is 7. The van der Waals surface area contributed by atoms with E-state index >= 15 is 0 Å². The minimum Gasteiger partial charge on any atom is -0.490 e. The number of nitrogens with zero attached hydrogens (tertiary/aromatic N) is 2. The SMILES string of the molecule is C=CCc1cc(/C=C2/SC(=O)N(CC(=O)N3CCCC3)C2=O)cc(OCC)c1OCc1ccc(C(=O)O)cc1. The van der Waals surface area contributed by atoms with Crippen molar-refractivity contribution in [3.8, 4) is 11.5 Å². The fourth-order valence-corrected chi connectivity index (χ4v) is 5.23. The molecule has 0 unspecified atom stereocenters. The topological polar surface area (TPSA) is 113 Å². The summed E-state index contributed by atoms with van der Waals surface area (Å²) in [6.07, 6.45) is 5.66. The van der Waals surface area contributed by atoms with E-state index in [4.69, 9.17) is 14.6 Å². The van der Waals surface area contributed by atoms with Crippen LogP contribution in [0.5, 0.6) is 11.5 Å². The molecule has 2 saturated heterocycles. The molecule has 2 aliphatic heterocycles. The second-order valence-corrected chi connectivity index (χ2v) is 10.1. The third-order valence-corrected chi connectivity index (χ3v) is 7.23. The molecule has 39 heavy (non-hydrogen) atoms. The number of carbonyl (C=O) groups excluding carboxylic acids is 3. The maximum Gasteiger partial charge on any atom is 0.335 e. The van der Waals surface area contributed by atoms with Crippen LogP contribution in [-0.4, -0.2) is 64.2 Å². The summed E-state index contributed by atoms with van der Waals surface area (Å²) in [5.41, 5.74) is 2.39. The lowest BCUT2D eigenvalue weighted by molar-refractivity contribution is -0.135. The monoisotopic (exact) mass is 550 g/mol. The summed E-state index contributed by atoms with van der Waals surface area (Å²) in [5.74, 6) is -0.733. The van der Waals surface area contributed by atoms with Crippen LogP contribution in [0.4, 0.5) is 4.79 Å². The Morgan fingerprint density at radius 1 is 1.10 bits per heavy atom. The smallest absolute Gasteiger partial charge is 0.335 e. The van der Waals surface area contributed by atoms with Crippen molar-refractivity contribution >= 4 is 40.9 Å². The van der Waals surface area contributed by atoms with Crippen LogP contribution in [0, 0.1) is 0 Å². The van der Waals surface area contributed by atoms with Gasteiger partial charge in [0.2, 0.25) is 5.91 Å². The first-order valence-electron chi connectivity index (χ1n) is 12.7. The van der Waals surface area contributed by atoms with Crippen molar-refractivity contribution in [1.29, 1.82) is 0 Å². The number of carbonyl (C=O) groups is 4. The number of benzene rings is 2. The largest absolute Gasteiger partial charge is 0.490 e. The van der Waals surface area contributed by atoms with Crippen LogP contribution < -0.4 is 9.47 Å². The maximum absolute atomic E-state index is 13.0. The molecule has 2 aliphatic rings. The number of carboxylic acids is 1. The van der Waals surface area contributed by atoms with Gasteiger partial charge in [-0.3, -0.25) is 19.3 Å². The van der Waals surface area contributed by atoms with Crippen molar-refractivity contribution in [2.75, 3.05) is 26.2 Å². The highest BCUT2D eigenvalue weighted by atomic mass is 32.2. The summed E-state index contributed by atoms with van der Waals surface area (Å²) in [5, 5.41) is 8.64. The lowest BCUT2D eigenvalue weighted by Gasteiger charge is -2.18. The van der Waals surface area contributed by atoms with E-state index in [-0.39, 0.29) is 29.5 Å². The second-order valence-electron chi connectivity index (χ2n) is 9.08. The number of amides is 3. The Morgan fingerprint density at radius 2 is 1.82 bits per heavy atom. The van der Waals surface area contributed by atoms with Gasteiger partial charge in [-0.25, -0.2) is 4.79 Å². The van der Waals surface area contributed by atoms with E-state index in [1.165, 1.54) is 12.1 Å². The zero-order valence-corrected chi connectivity index (χ0v) is 22.5. The third kappa shape index (κ3) is 6.69. The van der Waals surface area contributed by atoms with E-state index < -0.39 is 17.1 Å². The molecule has 0 atom stereocenters. The molecule has 0 aliphatic carbocycles. The standard InChI is InChI=1S/C29H30N2O7S/c1-3-7-22-14-20(16-24-27(33)31(29(36)39-24)17-25(32)30-12-5-6-13-30)15-23(37-4-2)26(22)38-18-19-8-10-21(11-9-19)28(34)35/h3,8-11,14-16H,1,4-7,12-13,17-18H2,2H3,(H,34,35)/b24-16+. The molecular formula is C29H30N2O7S. The number of rotatable bonds is 11. The molecule has 0 aromatic heterocycles. The Bertz CT molecular complexity index is 1310. The zero-order valence-electron chi connectivity index (χ0n) is 21.7. The van der Waals surface area contributed by atoms with Crippen LogP contribution in [-0.2, 0) is 22.6 Å². The van der Waals surface area contributed by atoms with Gasteiger partial charge in [0, 0.05) is 18.7 Å². The molecule has 0 spiro atoms. The average Bonchev–Trinajstić information content (AvgIpc) is 3.54. The van der Waals surface area contributed by atoms with Crippen molar-refractivity contribution < 1.29 is 33.8 Å². The van der Waals surface area contributed by atoms with Crippen LogP contribution >= 0.6 is 11.8 Å². The molecule has 0 bridgehead atoms. The van der Waals surface area contributed by atoms with Crippen LogP contribution in [0.25, 0.3) is 6.08 Å². The first kappa shape index (κ1) is 28.0. The molecular weight excluding hydrogens is 520 g/mol. The van der Waals surface area contributed by atoms with Crippen molar-refractivity contribution in [3.05, 3.63) is 76.2 Å². The molecule has 9 nitrogen and oxygen atoms in total. The fourth-order valence-electron chi connectivity index (χ4n) is 4.39. The predicted octanol–water partition coefficient (Wildman–Crippen LogP) is 4.75. The number of aromatic carboxylic acids is 1. The van der Waals surface area contributed by atoms with Gasteiger partial charge in [-0.05, 0) is 79.4 Å². The lowest BCUT2D eigenvalue weighted by Crippen LogP contribution is -2.40. The van der Waals surface area contributed by atoms with Crippen molar-refractivity contribution in [3.63, 3.8) is 0 Å². The number of carboxylic acid groups (broad SMARTS) is 1. The van der Waals surface area contributed by atoms with E-state index in [0.717, 1.165) is 40.6 Å². The Hall–Kier alpha value is -4.05. The molecule has 2 heterocycles. The highest BCUT2D eigenvalue weighted by Gasteiger charge is 2.37. The van der Waals surface area contributed by atoms with Gasteiger partial charge in [-0.15, -0.1) is 6.58 Å². The number of allylic oxidation sites excluding steroid dienone is 1. The minimum absolute atomic E-state index is 0.188.